The summed E-state index contributed by atoms with van der Waals surface area (Å²) < 4.78 is 0.444. The summed E-state index contributed by atoms with van der Waals surface area (Å²) in [4.78, 5) is 31.7. The second-order valence-corrected chi connectivity index (χ2v) is 6.49. The number of carboxylic acid groups (broad SMARTS) is 1. The van der Waals surface area contributed by atoms with Crippen LogP contribution in [0.15, 0.2) is 30.3 Å². The van der Waals surface area contributed by atoms with E-state index >= 15 is 0 Å². The summed E-state index contributed by atoms with van der Waals surface area (Å²) in [6.45, 7) is 3.02. The second-order valence-electron chi connectivity index (χ2n) is 5.49. The summed E-state index contributed by atoms with van der Waals surface area (Å²) in [5.74, 6) is -2.21. The van der Waals surface area contributed by atoms with Crippen LogP contribution in [0.2, 0.25) is 0 Å². The maximum Gasteiger partial charge on any atom is 0.325 e. The monoisotopic (exact) mass is 357 g/mol. The molecule has 1 amide bonds. The number of hydrogen-bond acceptors (Lipinski definition) is 6. The van der Waals surface area contributed by atoms with E-state index in [1.54, 1.807) is 6.92 Å². The Morgan fingerprint density at radius 2 is 1.88 bits per heavy atom. The lowest BCUT2D eigenvalue weighted by Crippen LogP contribution is -2.38. The van der Waals surface area contributed by atoms with Gasteiger partial charge in [0.05, 0.1) is 5.69 Å². The molecule has 8 heteroatoms. The summed E-state index contributed by atoms with van der Waals surface area (Å²) in [5, 5.41) is 22.3. The SMILES string of the molecule is Cc1nc(C(=O)N[C@@H](C)C(=O)O)c(O)c2sc(-c3ccccc3)nc12. The molecule has 0 radical (unpaired) electrons. The van der Waals surface area contributed by atoms with Crippen LogP contribution in [0.25, 0.3) is 20.8 Å². The molecule has 3 N–H and O–H groups in total. The number of carbonyl (C=O) groups is 2. The molecule has 0 unspecified atom stereocenters. The van der Waals surface area contributed by atoms with Crippen LogP contribution >= 0.6 is 11.3 Å². The first kappa shape index (κ1) is 16.8. The Hall–Kier alpha value is -3.00. The highest BCUT2D eigenvalue weighted by atomic mass is 32.1. The Morgan fingerprint density at radius 3 is 2.52 bits per heavy atom. The Kier molecular flexibility index (Phi) is 4.37. The summed E-state index contributed by atoms with van der Waals surface area (Å²) in [6, 6.07) is 8.38. The molecule has 3 aromatic rings. The van der Waals surface area contributed by atoms with Crippen molar-refractivity contribution in [1.29, 1.82) is 0 Å². The molecule has 0 saturated carbocycles. The minimum atomic E-state index is -1.17. The molecule has 0 aliphatic carbocycles. The maximum absolute atomic E-state index is 12.2. The summed E-state index contributed by atoms with van der Waals surface area (Å²) in [6.07, 6.45) is 0. The van der Waals surface area contributed by atoms with Gasteiger partial charge in [-0.1, -0.05) is 30.3 Å². The average Bonchev–Trinajstić information content (AvgIpc) is 3.05. The van der Waals surface area contributed by atoms with E-state index in [2.05, 4.69) is 15.3 Å². The van der Waals surface area contributed by atoms with Crippen molar-refractivity contribution in [2.45, 2.75) is 19.9 Å². The lowest BCUT2D eigenvalue weighted by atomic mass is 10.2. The van der Waals surface area contributed by atoms with E-state index in [1.165, 1.54) is 18.3 Å². The van der Waals surface area contributed by atoms with E-state index in [-0.39, 0.29) is 11.4 Å². The number of aromatic hydroxyl groups is 1. The molecule has 25 heavy (non-hydrogen) atoms. The van der Waals surface area contributed by atoms with Gasteiger partial charge >= 0.3 is 5.97 Å². The van der Waals surface area contributed by atoms with Crippen molar-refractivity contribution >= 4 is 33.4 Å². The smallest absolute Gasteiger partial charge is 0.325 e. The molecule has 2 heterocycles. The van der Waals surface area contributed by atoms with Crippen LogP contribution in [0.5, 0.6) is 5.75 Å². The fourth-order valence-electron chi connectivity index (χ4n) is 2.30. The molecule has 1 atom stereocenters. The normalized spacial score (nSPS) is 12.1. The number of nitrogens with one attached hydrogen (secondary N) is 1. The van der Waals surface area contributed by atoms with Gasteiger partial charge in [0.2, 0.25) is 0 Å². The highest BCUT2D eigenvalue weighted by Gasteiger charge is 2.23. The highest BCUT2D eigenvalue weighted by molar-refractivity contribution is 7.22. The van der Waals surface area contributed by atoms with Gasteiger partial charge in [0.25, 0.3) is 5.91 Å². The van der Waals surface area contributed by atoms with Crippen molar-refractivity contribution in [1.82, 2.24) is 15.3 Å². The zero-order chi connectivity index (χ0) is 18.1. The van der Waals surface area contributed by atoms with Gasteiger partial charge in [-0.2, -0.15) is 0 Å². The van der Waals surface area contributed by atoms with Gasteiger partial charge < -0.3 is 15.5 Å². The molecule has 1 aromatic carbocycles. The minimum Gasteiger partial charge on any atom is -0.504 e. The van der Waals surface area contributed by atoms with Crippen LogP contribution in [0, 0.1) is 6.92 Å². The minimum absolute atomic E-state index is 0.207. The van der Waals surface area contributed by atoms with Crippen LogP contribution in [-0.2, 0) is 4.79 Å². The van der Waals surface area contributed by atoms with Crippen LogP contribution < -0.4 is 5.32 Å². The van der Waals surface area contributed by atoms with Gasteiger partial charge in [-0.05, 0) is 13.8 Å². The lowest BCUT2D eigenvalue weighted by molar-refractivity contribution is -0.138. The van der Waals surface area contributed by atoms with Gasteiger partial charge in [0.15, 0.2) is 11.4 Å². The van der Waals surface area contributed by atoms with Crippen molar-refractivity contribution in [3.05, 3.63) is 41.7 Å². The zero-order valence-electron chi connectivity index (χ0n) is 13.5. The Labute approximate surface area is 147 Å². The number of benzene rings is 1. The number of thiazole rings is 1. The van der Waals surface area contributed by atoms with Gasteiger partial charge in [-0.3, -0.25) is 9.59 Å². The molecule has 0 saturated heterocycles. The Morgan fingerprint density at radius 1 is 1.20 bits per heavy atom. The number of hydrogen-bond donors (Lipinski definition) is 3. The van der Waals surface area contributed by atoms with E-state index in [0.717, 1.165) is 5.56 Å². The van der Waals surface area contributed by atoms with Crippen LogP contribution in [0.1, 0.15) is 23.1 Å². The van der Waals surface area contributed by atoms with Crippen LogP contribution in [0.4, 0.5) is 0 Å². The standard InChI is InChI=1S/C17H15N3O4S/c1-8-11-14(25-16(20-11)10-6-4-3-5-7-10)13(21)12(18-8)15(22)19-9(2)17(23)24/h3-7,9,21H,1-2H3,(H,19,22)(H,23,24)/t9-/m0/s1. The molecular formula is C17H15N3O4S. The third-order valence-corrected chi connectivity index (χ3v) is 4.75. The number of carbonyl (C=O) groups excluding carboxylic acids is 1. The molecule has 3 rings (SSSR count). The number of aromatic nitrogens is 2. The Balaban J connectivity index is 2.07. The van der Waals surface area contributed by atoms with Crippen molar-refractivity contribution < 1.29 is 19.8 Å². The largest absolute Gasteiger partial charge is 0.504 e. The van der Waals surface area contributed by atoms with Gasteiger partial charge in [-0.25, -0.2) is 9.97 Å². The number of pyridine rings is 1. The highest BCUT2D eigenvalue weighted by Crippen LogP contribution is 2.37. The molecule has 0 spiro atoms. The van der Waals surface area contributed by atoms with E-state index in [4.69, 9.17) is 5.11 Å². The number of nitrogens with zero attached hydrogens (tertiary/aromatic N) is 2. The first-order valence-corrected chi connectivity index (χ1v) is 8.29. The van der Waals surface area contributed by atoms with Crippen molar-refractivity contribution in [2.75, 3.05) is 0 Å². The molecule has 7 nitrogen and oxygen atoms in total. The number of amides is 1. The first-order chi connectivity index (χ1) is 11.9. The molecule has 0 fully saturated rings. The number of carboxylic acids is 1. The summed E-state index contributed by atoms with van der Waals surface area (Å²) >= 11 is 1.25. The van der Waals surface area contributed by atoms with Crippen molar-refractivity contribution in [2.24, 2.45) is 0 Å². The second kappa shape index (κ2) is 6.48. The van der Waals surface area contributed by atoms with Crippen LogP contribution in [-0.4, -0.2) is 38.1 Å². The summed E-state index contributed by atoms with van der Waals surface area (Å²) in [7, 11) is 0. The maximum atomic E-state index is 12.2. The predicted molar refractivity (Wildman–Crippen MR) is 93.8 cm³/mol. The predicted octanol–water partition coefficient (Wildman–Crippen LogP) is 2.58. The van der Waals surface area contributed by atoms with Gasteiger partial charge in [0, 0.05) is 5.56 Å². The number of aliphatic carboxylic acids is 1. The van der Waals surface area contributed by atoms with E-state index in [0.29, 0.717) is 20.9 Å². The first-order valence-electron chi connectivity index (χ1n) is 7.47. The average molecular weight is 357 g/mol. The molecular weight excluding hydrogens is 342 g/mol. The lowest BCUT2D eigenvalue weighted by Gasteiger charge is -2.10. The van der Waals surface area contributed by atoms with Gasteiger partial charge in [-0.15, -0.1) is 11.3 Å². The van der Waals surface area contributed by atoms with Gasteiger partial charge in [0.1, 0.15) is 21.3 Å². The van der Waals surface area contributed by atoms with E-state index < -0.39 is 17.9 Å². The Bertz CT molecular complexity index is 969. The molecule has 0 aliphatic heterocycles. The quantitative estimate of drug-likeness (QED) is 0.661. The number of rotatable bonds is 4. The third-order valence-electron chi connectivity index (χ3n) is 3.64. The fraction of sp³-hybridized carbons (Fsp3) is 0.176. The number of aryl methyl sites for hydroxylation is 1. The molecule has 0 aliphatic rings. The van der Waals surface area contributed by atoms with Crippen molar-refractivity contribution in [3.63, 3.8) is 0 Å². The van der Waals surface area contributed by atoms with E-state index in [1.807, 2.05) is 30.3 Å². The van der Waals surface area contributed by atoms with Crippen LogP contribution in [0.3, 0.4) is 0 Å². The molecule has 0 bridgehead atoms. The fourth-order valence-corrected chi connectivity index (χ4v) is 3.36. The zero-order valence-corrected chi connectivity index (χ0v) is 14.3. The number of fused-ring (bicyclic) bond motifs is 1. The molecule has 128 valence electrons. The van der Waals surface area contributed by atoms with Crippen molar-refractivity contribution in [3.8, 4) is 16.3 Å². The molecule has 2 aromatic heterocycles. The topological polar surface area (TPSA) is 112 Å². The van der Waals surface area contributed by atoms with E-state index in [9.17, 15) is 14.7 Å². The third kappa shape index (κ3) is 3.16. The summed E-state index contributed by atoms with van der Waals surface area (Å²) in [5.41, 5.74) is 1.69.